The Morgan fingerprint density at radius 2 is 2.16 bits per heavy atom. The molecule has 0 bridgehead atoms. The molecule has 0 aliphatic carbocycles. The maximum atomic E-state index is 12.3. The van der Waals surface area contributed by atoms with E-state index in [0.717, 1.165) is 11.1 Å². The number of halogens is 3. The molecule has 1 unspecified atom stereocenters. The van der Waals surface area contributed by atoms with E-state index in [1.54, 1.807) is 55.4 Å². The summed E-state index contributed by atoms with van der Waals surface area (Å²) in [5.74, 6) is 0.142. The normalized spacial score (nSPS) is 11.7. The van der Waals surface area contributed by atoms with Gasteiger partial charge in [-0.05, 0) is 24.7 Å². The van der Waals surface area contributed by atoms with Gasteiger partial charge >= 0.3 is 0 Å². The smallest absolute Gasteiger partial charge is 0.272 e. The van der Waals surface area contributed by atoms with Gasteiger partial charge in [0.25, 0.3) is 6.43 Å². The zero-order chi connectivity index (χ0) is 17.5. The Kier molecular flexibility index (Phi) is 8.30. The van der Waals surface area contributed by atoms with E-state index in [2.05, 4.69) is 15.7 Å². The number of aromatic nitrogens is 2. The van der Waals surface area contributed by atoms with E-state index in [9.17, 15) is 13.6 Å². The van der Waals surface area contributed by atoms with Crippen molar-refractivity contribution in [3.63, 3.8) is 0 Å². The maximum Gasteiger partial charge on any atom is 0.272 e. The average molecular weight is 375 g/mol. The summed E-state index contributed by atoms with van der Waals surface area (Å²) >= 11 is 0. The van der Waals surface area contributed by atoms with Gasteiger partial charge in [0, 0.05) is 25.4 Å². The van der Waals surface area contributed by atoms with Crippen LogP contribution in [0.1, 0.15) is 17.2 Å². The minimum absolute atomic E-state index is 0. The zero-order valence-corrected chi connectivity index (χ0v) is 14.7. The van der Waals surface area contributed by atoms with Gasteiger partial charge < -0.3 is 15.4 Å². The molecule has 138 valence electrons. The number of aryl methyl sites for hydroxylation is 1. The van der Waals surface area contributed by atoms with Crippen molar-refractivity contribution in [1.82, 2.24) is 20.4 Å². The molecule has 0 saturated heterocycles. The lowest BCUT2D eigenvalue weighted by molar-refractivity contribution is -0.123. The summed E-state index contributed by atoms with van der Waals surface area (Å²) in [5.41, 5.74) is 1.52. The Hall–Kier alpha value is -2.19. The van der Waals surface area contributed by atoms with Crippen molar-refractivity contribution in [1.29, 1.82) is 0 Å². The van der Waals surface area contributed by atoms with Crippen molar-refractivity contribution in [2.75, 3.05) is 13.7 Å². The lowest BCUT2D eigenvalue weighted by atomic mass is 10.1. The van der Waals surface area contributed by atoms with Crippen LogP contribution in [0.5, 0.6) is 5.75 Å². The van der Waals surface area contributed by atoms with E-state index < -0.39 is 19.1 Å². The van der Waals surface area contributed by atoms with Gasteiger partial charge in [-0.1, -0.05) is 12.1 Å². The number of alkyl halides is 2. The molecule has 0 aliphatic heterocycles. The van der Waals surface area contributed by atoms with Crippen LogP contribution >= 0.6 is 12.4 Å². The molecular weight excluding hydrogens is 354 g/mol. The Bertz CT molecular complexity index is 682. The van der Waals surface area contributed by atoms with Crippen molar-refractivity contribution in [2.24, 2.45) is 7.05 Å². The van der Waals surface area contributed by atoms with E-state index in [0.29, 0.717) is 5.75 Å². The van der Waals surface area contributed by atoms with Crippen molar-refractivity contribution < 1.29 is 18.3 Å². The highest BCUT2D eigenvalue weighted by Crippen LogP contribution is 2.15. The Morgan fingerprint density at radius 3 is 2.76 bits per heavy atom. The van der Waals surface area contributed by atoms with Crippen LogP contribution in [-0.2, 0) is 18.4 Å². The molecule has 0 spiro atoms. The zero-order valence-electron chi connectivity index (χ0n) is 13.9. The fraction of sp³-hybridized carbons (Fsp3) is 0.375. The highest BCUT2D eigenvalue weighted by atomic mass is 35.5. The molecule has 25 heavy (non-hydrogen) atoms. The molecule has 0 saturated carbocycles. The van der Waals surface area contributed by atoms with E-state index in [1.807, 2.05) is 0 Å². The molecule has 6 nitrogen and oxygen atoms in total. The second kappa shape index (κ2) is 9.95. The van der Waals surface area contributed by atoms with E-state index >= 15 is 0 Å². The summed E-state index contributed by atoms with van der Waals surface area (Å²) in [6.07, 6.45) is 0.864. The molecule has 1 atom stereocenters. The third-order valence-corrected chi connectivity index (χ3v) is 3.35. The third-order valence-electron chi connectivity index (χ3n) is 3.35. The first-order valence-electron chi connectivity index (χ1n) is 7.43. The molecule has 1 aromatic carbocycles. The SMILES string of the molecule is CNC(C(=O)NCc1cccc(OCC(F)F)c1)c1cnn(C)c1.Cl. The summed E-state index contributed by atoms with van der Waals surface area (Å²) in [4.78, 5) is 12.3. The van der Waals surface area contributed by atoms with Crippen LogP contribution in [0, 0.1) is 0 Å². The fourth-order valence-electron chi connectivity index (χ4n) is 2.23. The number of rotatable bonds is 8. The van der Waals surface area contributed by atoms with Gasteiger partial charge in [-0.25, -0.2) is 8.78 Å². The molecule has 1 amide bonds. The average Bonchev–Trinajstić information content (AvgIpc) is 2.98. The van der Waals surface area contributed by atoms with Gasteiger partial charge in [0.15, 0.2) is 0 Å². The number of likely N-dealkylation sites (N-methyl/N-ethyl adjacent to an activating group) is 1. The highest BCUT2D eigenvalue weighted by Gasteiger charge is 2.19. The molecule has 2 N–H and O–H groups in total. The standard InChI is InChI=1S/C16H20F2N4O2.ClH/c1-19-15(12-8-21-22(2)9-12)16(23)20-7-11-4-3-5-13(6-11)24-10-14(17)18;/h3-6,8-9,14-15,19H,7,10H2,1-2H3,(H,20,23);1H. The van der Waals surface area contributed by atoms with Gasteiger partial charge in [0.1, 0.15) is 18.4 Å². The van der Waals surface area contributed by atoms with Crippen molar-refractivity contribution >= 4 is 18.3 Å². The van der Waals surface area contributed by atoms with Gasteiger partial charge in [0.05, 0.1) is 6.20 Å². The summed E-state index contributed by atoms with van der Waals surface area (Å²) in [7, 11) is 3.47. The van der Waals surface area contributed by atoms with Crippen LogP contribution in [0.15, 0.2) is 36.7 Å². The van der Waals surface area contributed by atoms with Gasteiger partial charge in [-0.2, -0.15) is 5.10 Å². The number of hydrogen-bond acceptors (Lipinski definition) is 4. The molecule has 0 fully saturated rings. The minimum atomic E-state index is -2.52. The van der Waals surface area contributed by atoms with Gasteiger partial charge in [-0.3, -0.25) is 9.48 Å². The first kappa shape index (κ1) is 20.9. The van der Waals surface area contributed by atoms with Crippen LogP contribution in [-0.4, -0.2) is 35.8 Å². The quantitative estimate of drug-likeness (QED) is 0.742. The van der Waals surface area contributed by atoms with Crippen LogP contribution < -0.4 is 15.4 Å². The highest BCUT2D eigenvalue weighted by molar-refractivity contribution is 5.85. The molecule has 0 aliphatic rings. The summed E-state index contributed by atoms with van der Waals surface area (Å²) in [5, 5.41) is 9.80. The predicted molar refractivity (Wildman–Crippen MR) is 92.0 cm³/mol. The number of benzene rings is 1. The molecule has 1 aromatic heterocycles. The monoisotopic (exact) mass is 374 g/mol. The summed E-state index contributed by atoms with van der Waals surface area (Å²) in [6.45, 7) is -0.387. The second-order valence-corrected chi connectivity index (χ2v) is 5.24. The van der Waals surface area contributed by atoms with E-state index in [1.165, 1.54) is 0 Å². The molecule has 2 aromatic rings. The molecule has 2 rings (SSSR count). The number of ether oxygens (including phenoxy) is 1. The Morgan fingerprint density at radius 1 is 1.40 bits per heavy atom. The van der Waals surface area contributed by atoms with Crippen LogP contribution in [0.2, 0.25) is 0 Å². The van der Waals surface area contributed by atoms with E-state index in [4.69, 9.17) is 4.74 Å². The van der Waals surface area contributed by atoms with Gasteiger partial charge in [-0.15, -0.1) is 12.4 Å². The molecule has 0 radical (unpaired) electrons. The number of amides is 1. The van der Waals surface area contributed by atoms with Crippen LogP contribution in [0.3, 0.4) is 0 Å². The van der Waals surface area contributed by atoms with Crippen LogP contribution in [0.4, 0.5) is 8.78 Å². The largest absolute Gasteiger partial charge is 0.488 e. The molecule has 9 heteroatoms. The van der Waals surface area contributed by atoms with Crippen molar-refractivity contribution in [3.05, 3.63) is 47.8 Å². The van der Waals surface area contributed by atoms with Crippen molar-refractivity contribution in [2.45, 2.75) is 19.0 Å². The predicted octanol–water partition coefficient (Wildman–Crippen LogP) is 2.06. The van der Waals surface area contributed by atoms with Crippen molar-refractivity contribution in [3.8, 4) is 5.75 Å². The lowest BCUT2D eigenvalue weighted by Crippen LogP contribution is -2.35. The first-order valence-corrected chi connectivity index (χ1v) is 7.43. The Labute approximate surface area is 151 Å². The third kappa shape index (κ3) is 6.32. The fourth-order valence-corrected chi connectivity index (χ4v) is 2.23. The number of carbonyl (C=O) groups excluding carboxylic acids is 1. The second-order valence-electron chi connectivity index (χ2n) is 5.24. The number of carbonyl (C=O) groups is 1. The lowest BCUT2D eigenvalue weighted by Gasteiger charge is -2.15. The van der Waals surface area contributed by atoms with Gasteiger partial charge in [0.2, 0.25) is 5.91 Å². The topological polar surface area (TPSA) is 68.2 Å². The molecule has 1 heterocycles. The number of nitrogens with zero attached hydrogens (tertiary/aromatic N) is 2. The maximum absolute atomic E-state index is 12.3. The first-order chi connectivity index (χ1) is 11.5. The summed E-state index contributed by atoms with van der Waals surface area (Å²) < 4.78 is 30.9. The number of hydrogen-bond donors (Lipinski definition) is 2. The Balaban J connectivity index is 0.00000312. The van der Waals surface area contributed by atoms with Crippen LogP contribution in [0.25, 0.3) is 0 Å². The van der Waals surface area contributed by atoms with E-state index in [-0.39, 0.29) is 24.9 Å². The summed E-state index contributed by atoms with van der Waals surface area (Å²) in [6, 6.07) is 6.19. The number of nitrogens with one attached hydrogen (secondary N) is 2. The minimum Gasteiger partial charge on any atom is -0.488 e. The molecular formula is C16H21ClF2N4O2.